The highest BCUT2D eigenvalue weighted by atomic mass is 35.5. The van der Waals surface area contributed by atoms with Crippen molar-refractivity contribution < 1.29 is 22.3 Å². The largest absolute Gasteiger partial charge is 0.381 e. The van der Waals surface area contributed by atoms with Crippen LogP contribution in [0, 0.1) is 11.2 Å². The highest BCUT2D eigenvalue weighted by Gasteiger charge is 2.48. The van der Waals surface area contributed by atoms with Crippen LogP contribution in [0.1, 0.15) is 59.9 Å². The van der Waals surface area contributed by atoms with Crippen LogP contribution in [-0.2, 0) is 24.1 Å². The average Bonchev–Trinajstić information content (AvgIpc) is 2.74. The van der Waals surface area contributed by atoms with Crippen molar-refractivity contribution in [3.63, 3.8) is 0 Å². The van der Waals surface area contributed by atoms with Gasteiger partial charge in [-0.05, 0) is 75.6 Å². The Balaban J connectivity index is 2.16. The minimum Gasteiger partial charge on any atom is -0.381 e. The van der Waals surface area contributed by atoms with E-state index in [1.165, 1.54) is 41.3 Å². The molecule has 34 heavy (non-hydrogen) atoms. The van der Waals surface area contributed by atoms with Gasteiger partial charge in [0, 0.05) is 29.2 Å². The summed E-state index contributed by atoms with van der Waals surface area (Å²) < 4.78 is 47.6. The number of hydrogen-bond donors (Lipinski definition) is 0. The van der Waals surface area contributed by atoms with E-state index in [0.717, 1.165) is 0 Å². The van der Waals surface area contributed by atoms with Crippen molar-refractivity contribution in [2.45, 2.75) is 69.6 Å². The van der Waals surface area contributed by atoms with Gasteiger partial charge in [0.05, 0.1) is 10.6 Å². The van der Waals surface area contributed by atoms with Crippen LogP contribution in [0.15, 0.2) is 47.4 Å². The molecule has 1 fully saturated rings. The summed E-state index contributed by atoms with van der Waals surface area (Å²) in [7, 11) is -3.90. The molecule has 8 heteroatoms. The third-order valence-electron chi connectivity index (χ3n) is 6.17. The number of sulfone groups is 1. The summed E-state index contributed by atoms with van der Waals surface area (Å²) in [5.74, 6) is -0.858. The number of halogens is 2. The van der Waals surface area contributed by atoms with E-state index in [9.17, 15) is 13.2 Å². The number of hydrogen-bond acceptors (Lipinski definition) is 4. The topological polar surface area (TPSA) is 63.7 Å². The zero-order chi connectivity index (χ0) is 25.5. The molecule has 1 aliphatic heterocycles. The normalized spacial score (nSPS) is 16.8. The van der Waals surface area contributed by atoms with Gasteiger partial charge in [-0.15, -0.1) is 0 Å². The fourth-order valence-corrected chi connectivity index (χ4v) is 6.55. The van der Waals surface area contributed by atoms with Crippen molar-refractivity contribution in [3.8, 4) is 0 Å². The number of carbonyl (C=O) groups is 1. The van der Waals surface area contributed by atoms with E-state index in [1.54, 1.807) is 26.8 Å². The Morgan fingerprint density at radius 1 is 1.00 bits per heavy atom. The first kappa shape index (κ1) is 26.6. The maximum absolute atomic E-state index is 15.7. The van der Waals surface area contributed by atoms with Gasteiger partial charge in [-0.3, -0.25) is 4.79 Å². The summed E-state index contributed by atoms with van der Waals surface area (Å²) in [6, 6.07) is 10.4. The van der Waals surface area contributed by atoms with E-state index in [-0.39, 0.29) is 42.5 Å². The van der Waals surface area contributed by atoms with Gasteiger partial charge >= 0.3 is 0 Å². The zero-order valence-electron chi connectivity index (χ0n) is 20.6. The van der Waals surface area contributed by atoms with Crippen LogP contribution in [0.25, 0.3) is 0 Å². The van der Waals surface area contributed by atoms with Crippen LogP contribution < -0.4 is 4.90 Å². The van der Waals surface area contributed by atoms with E-state index >= 15 is 4.39 Å². The monoisotopic (exact) mass is 509 g/mol. The predicted molar refractivity (Wildman–Crippen MR) is 133 cm³/mol. The molecule has 0 spiro atoms. The quantitative estimate of drug-likeness (QED) is 0.497. The first-order chi connectivity index (χ1) is 15.6. The first-order valence-corrected chi connectivity index (χ1v) is 13.2. The molecule has 2 aromatic carbocycles. The molecule has 0 saturated carbocycles. The lowest BCUT2D eigenvalue weighted by atomic mass is 9.88. The molecule has 2 aromatic rings. The molecule has 1 heterocycles. The van der Waals surface area contributed by atoms with E-state index in [4.69, 9.17) is 16.3 Å². The Bertz CT molecular complexity index is 1160. The molecule has 3 rings (SSSR count). The minimum absolute atomic E-state index is 0.127. The zero-order valence-corrected chi connectivity index (χ0v) is 22.2. The Morgan fingerprint density at radius 2 is 1.56 bits per heavy atom. The van der Waals surface area contributed by atoms with Gasteiger partial charge in [0.25, 0.3) is 0 Å². The van der Waals surface area contributed by atoms with Crippen molar-refractivity contribution >= 4 is 33.0 Å². The third kappa shape index (κ3) is 4.88. The summed E-state index contributed by atoms with van der Waals surface area (Å²) in [6.07, 6.45) is 0.390. The first-order valence-electron chi connectivity index (χ1n) is 11.3. The van der Waals surface area contributed by atoms with Crippen molar-refractivity contribution in [2.24, 2.45) is 5.41 Å². The predicted octanol–water partition coefficient (Wildman–Crippen LogP) is 6.14. The average molecular weight is 510 g/mol. The van der Waals surface area contributed by atoms with Crippen molar-refractivity contribution in [1.29, 1.82) is 0 Å². The number of nitrogens with zero attached hydrogens (tertiary/aromatic N) is 1. The molecule has 0 unspecified atom stereocenters. The van der Waals surface area contributed by atoms with Gasteiger partial charge in [0.1, 0.15) is 10.6 Å². The highest BCUT2D eigenvalue weighted by molar-refractivity contribution is 7.92. The van der Waals surface area contributed by atoms with Crippen LogP contribution in [0.3, 0.4) is 0 Å². The van der Waals surface area contributed by atoms with E-state index in [1.807, 2.05) is 20.8 Å². The van der Waals surface area contributed by atoms with E-state index in [0.29, 0.717) is 10.6 Å². The molecular formula is C26H33ClFNO4S. The molecule has 0 aliphatic carbocycles. The highest BCUT2D eigenvalue weighted by Crippen LogP contribution is 2.45. The van der Waals surface area contributed by atoms with Crippen LogP contribution in [0.4, 0.5) is 10.1 Å². The number of benzene rings is 2. The van der Waals surface area contributed by atoms with Crippen molar-refractivity contribution in [1.82, 2.24) is 0 Å². The van der Waals surface area contributed by atoms with Gasteiger partial charge in [0.2, 0.25) is 5.91 Å². The summed E-state index contributed by atoms with van der Waals surface area (Å²) in [6.45, 7) is 11.4. The van der Waals surface area contributed by atoms with Crippen LogP contribution >= 0.6 is 11.6 Å². The molecule has 0 radical (unpaired) electrons. The van der Waals surface area contributed by atoms with Crippen molar-refractivity contribution in [3.05, 3.63) is 58.9 Å². The number of amides is 1. The summed E-state index contributed by atoms with van der Waals surface area (Å²) in [4.78, 5) is 14.8. The van der Waals surface area contributed by atoms with Gasteiger partial charge in [-0.25, -0.2) is 12.8 Å². The number of carbonyl (C=O) groups excluding carboxylic acids is 1. The van der Waals surface area contributed by atoms with Crippen molar-refractivity contribution in [2.75, 3.05) is 18.1 Å². The minimum atomic E-state index is -3.90. The van der Waals surface area contributed by atoms with Gasteiger partial charge < -0.3 is 9.64 Å². The standard InChI is InChI=1S/C26H33ClFNO4S/c1-24(2,3)23(30)29(25(4,5)6)22-12-7-18(17-21(22)28)26(13-15-33-16-14-26)34(31,32)20-10-8-19(27)9-11-20/h7-12,17H,13-16H2,1-6H3. The number of ether oxygens (including phenoxy) is 1. The Hall–Kier alpha value is -1.96. The molecule has 0 aromatic heterocycles. The lowest BCUT2D eigenvalue weighted by Gasteiger charge is -2.41. The van der Waals surface area contributed by atoms with Gasteiger partial charge in [0.15, 0.2) is 9.84 Å². The second-order valence-corrected chi connectivity index (χ2v) is 13.5. The van der Waals surface area contributed by atoms with E-state index in [2.05, 4.69) is 0 Å². The van der Waals surface area contributed by atoms with E-state index < -0.39 is 31.4 Å². The van der Waals surface area contributed by atoms with Gasteiger partial charge in [-0.1, -0.05) is 38.4 Å². The lowest BCUT2D eigenvalue weighted by molar-refractivity contribution is -0.126. The smallest absolute Gasteiger partial charge is 0.232 e. The molecule has 1 saturated heterocycles. The fourth-order valence-electron chi connectivity index (χ4n) is 4.34. The molecule has 1 amide bonds. The fraction of sp³-hybridized carbons (Fsp3) is 0.500. The number of rotatable bonds is 4. The summed E-state index contributed by atoms with van der Waals surface area (Å²) in [5, 5.41) is 0.432. The molecule has 0 atom stereocenters. The molecule has 186 valence electrons. The molecule has 5 nitrogen and oxygen atoms in total. The molecule has 0 N–H and O–H groups in total. The molecular weight excluding hydrogens is 477 g/mol. The number of anilines is 1. The lowest BCUT2D eigenvalue weighted by Crippen LogP contribution is -2.51. The van der Waals surface area contributed by atoms with Gasteiger partial charge in [-0.2, -0.15) is 0 Å². The summed E-state index contributed by atoms with van der Waals surface area (Å²) in [5.41, 5.74) is -0.928. The Labute approximate surface area is 207 Å². The molecule has 1 aliphatic rings. The Kier molecular flexibility index (Phi) is 7.25. The maximum atomic E-state index is 15.7. The van der Waals surface area contributed by atoms with Crippen LogP contribution in [0.5, 0.6) is 0 Å². The second-order valence-electron chi connectivity index (χ2n) is 10.8. The third-order valence-corrected chi connectivity index (χ3v) is 8.99. The summed E-state index contributed by atoms with van der Waals surface area (Å²) >= 11 is 5.96. The van der Waals surface area contributed by atoms with Crippen LogP contribution in [0.2, 0.25) is 5.02 Å². The molecule has 0 bridgehead atoms. The second kappa shape index (κ2) is 9.25. The van der Waals surface area contributed by atoms with Crippen LogP contribution in [-0.4, -0.2) is 33.1 Å². The maximum Gasteiger partial charge on any atom is 0.232 e. The Morgan fingerprint density at radius 3 is 2.03 bits per heavy atom. The SMILES string of the molecule is CC(C)(C)C(=O)N(c1ccc(C2(S(=O)(=O)c3ccc(Cl)cc3)CCOCC2)cc1F)C(C)(C)C.